The summed E-state index contributed by atoms with van der Waals surface area (Å²) in [4.78, 5) is 10.7. The van der Waals surface area contributed by atoms with Crippen LogP contribution < -0.4 is 0 Å². The molecule has 0 amide bonds. The average molecular weight is 172 g/mol. The van der Waals surface area contributed by atoms with E-state index in [4.69, 9.17) is 9.47 Å². The number of rotatable bonds is 6. The van der Waals surface area contributed by atoms with Gasteiger partial charge in [-0.2, -0.15) is 0 Å². The van der Waals surface area contributed by atoms with Crippen LogP contribution in [-0.4, -0.2) is 25.8 Å². The molecule has 0 fully saturated rings. The minimum atomic E-state index is -0.361. The van der Waals surface area contributed by atoms with Crippen molar-refractivity contribution in [2.24, 2.45) is 0 Å². The molecule has 0 aromatic carbocycles. The van der Waals surface area contributed by atoms with Crippen LogP contribution in [0.3, 0.4) is 0 Å². The molecular formula is C9H16O3. The molecule has 0 heterocycles. The highest BCUT2D eigenvalue weighted by molar-refractivity contribution is 5.81. The highest BCUT2D eigenvalue weighted by atomic mass is 16.5. The van der Waals surface area contributed by atoms with E-state index >= 15 is 0 Å². The van der Waals surface area contributed by atoms with Crippen LogP contribution in [0.4, 0.5) is 0 Å². The minimum absolute atomic E-state index is 0.0503. The van der Waals surface area contributed by atoms with Gasteiger partial charge in [0.25, 0.3) is 0 Å². The molecule has 0 rings (SSSR count). The van der Waals surface area contributed by atoms with E-state index in [1.807, 2.05) is 6.92 Å². The summed E-state index contributed by atoms with van der Waals surface area (Å²) in [7, 11) is 1.65. The topological polar surface area (TPSA) is 35.5 Å². The maximum atomic E-state index is 10.7. The van der Waals surface area contributed by atoms with Crippen LogP contribution >= 0.6 is 0 Å². The van der Waals surface area contributed by atoms with Gasteiger partial charge in [0.1, 0.15) is 0 Å². The van der Waals surface area contributed by atoms with Crippen LogP contribution in [0.25, 0.3) is 0 Å². The highest BCUT2D eigenvalue weighted by Crippen LogP contribution is 2.01. The van der Waals surface area contributed by atoms with Gasteiger partial charge in [-0.05, 0) is 19.8 Å². The van der Waals surface area contributed by atoms with Gasteiger partial charge in [0.2, 0.25) is 0 Å². The Balaban J connectivity index is 3.38. The smallest absolute Gasteiger partial charge is 0.330 e. The monoisotopic (exact) mass is 172 g/mol. The number of esters is 1. The van der Waals surface area contributed by atoms with Gasteiger partial charge in [0.15, 0.2) is 0 Å². The fraction of sp³-hybridized carbons (Fsp3) is 0.667. The summed E-state index contributed by atoms with van der Waals surface area (Å²) >= 11 is 0. The molecule has 0 bridgehead atoms. The average Bonchev–Trinajstić information content (AvgIpc) is 2.05. The standard InChI is InChI=1S/C9H16O3/c1-4-9(10)12-8(2)6-5-7-11-3/h4,8H,1,5-7H2,2-3H3. The summed E-state index contributed by atoms with van der Waals surface area (Å²) in [5.74, 6) is -0.361. The fourth-order valence-electron chi connectivity index (χ4n) is 0.820. The molecule has 0 spiro atoms. The Labute approximate surface area is 73.4 Å². The van der Waals surface area contributed by atoms with E-state index in [1.54, 1.807) is 7.11 Å². The molecular weight excluding hydrogens is 156 g/mol. The minimum Gasteiger partial charge on any atom is -0.460 e. The lowest BCUT2D eigenvalue weighted by Crippen LogP contribution is -2.13. The Hall–Kier alpha value is -0.830. The molecule has 3 nitrogen and oxygen atoms in total. The highest BCUT2D eigenvalue weighted by Gasteiger charge is 2.04. The van der Waals surface area contributed by atoms with Crippen molar-refractivity contribution in [2.75, 3.05) is 13.7 Å². The van der Waals surface area contributed by atoms with Gasteiger partial charge in [-0.15, -0.1) is 0 Å². The van der Waals surface area contributed by atoms with Crippen molar-refractivity contribution in [3.63, 3.8) is 0 Å². The summed E-state index contributed by atoms with van der Waals surface area (Å²) in [6.07, 6.45) is 2.85. The van der Waals surface area contributed by atoms with Crippen molar-refractivity contribution in [1.82, 2.24) is 0 Å². The van der Waals surface area contributed by atoms with Crippen LogP contribution in [0.5, 0.6) is 0 Å². The van der Waals surface area contributed by atoms with E-state index in [0.717, 1.165) is 12.8 Å². The zero-order valence-electron chi connectivity index (χ0n) is 7.71. The second kappa shape index (κ2) is 6.85. The number of methoxy groups -OCH3 is 1. The first kappa shape index (κ1) is 11.2. The first-order valence-electron chi connectivity index (χ1n) is 4.02. The van der Waals surface area contributed by atoms with Gasteiger partial charge in [-0.25, -0.2) is 4.79 Å². The first-order chi connectivity index (χ1) is 5.70. The van der Waals surface area contributed by atoms with E-state index in [9.17, 15) is 4.79 Å². The van der Waals surface area contributed by atoms with Crippen molar-refractivity contribution < 1.29 is 14.3 Å². The van der Waals surface area contributed by atoms with Gasteiger partial charge >= 0.3 is 5.97 Å². The van der Waals surface area contributed by atoms with Crippen molar-refractivity contribution in [1.29, 1.82) is 0 Å². The van der Waals surface area contributed by atoms with Gasteiger partial charge < -0.3 is 9.47 Å². The zero-order chi connectivity index (χ0) is 9.40. The SMILES string of the molecule is C=CC(=O)OC(C)CCCOC. The quantitative estimate of drug-likeness (QED) is 0.346. The number of carbonyl (C=O) groups is 1. The molecule has 1 atom stereocenters. The van der Waals surface area contributed by atoms with Crippen LogP contribution in [0, 0.1) is 0 Å². The maximum absolute atomic E-state index is 10.7. The van der Waals surface area contributed by atoms with Crippen molar-refractivity contribution >= 4 is 5.97 Å². The van der Waals surface area contributed by atoms with Gasteiger partial charge in [0, 0.05) is 19.8 Å². The summed E-state index contributed by atoms with van der Waals surface area (Å²) in [5.41, 5.74) is 0. The molecule has 12 heavy (non-hydrogen) atoms. The van der Waals surface area contributed by atoms with E-state index in [1.165, 1.54) is 6.08 Å². The molecule has 0 radical (unpaired) electrons. The third-order valence-corrected chi connectivity index (χ3v) is 1.44. The van der Waals surface area contributed by atoms with Crippen molar-refractivity contribution in [3.05, 3.63) is 12.7 Å². The molecule has 0 aromatic rings. The van der Waals surface area contributed by atoms with Crippen LogP contribution in [-0.2, 0) is 14.3 Å². The van der Waals surface area contributed by atoms with Crippen LogP contribution in [0.2, 0.25) is 0 Å². The Morgan fingerprint density at radius 2 is 2.33 bits per heavy atom. The number of hydrogen-bond donors (Lipinski definition) is 0. The van der Waals surface area contributed by atoms with E-state index in [2.05, 4.69) is 6.58 Å². The number of hydrogen-bond acceptors (Lipinski definition) is 3. The zero-order valence-corrected chi connectivity index (χ0v) is 7.71. The predicted octanol–water partition coefficient (Wildman–Crippen LogP) is 1.53. The van der Waals surface area contributed by atoms with Crippen molar-refractivity contribution in [2.45, 2.75) is 25.9 Å². The van der Waals surface area contributed by atoms with E-state index in [-0.39, 0.29) is 12.1 Å². The normalized spacial score (nSPS) is 12.2. The summed E-state index contributed by atoms with van der Waals surface area (Å²) < 4.78 is 9.80. The predicted molar refractivity (Wildman–Crippen MR) is 46.9 cm³/mol. The second-order valence-corrected chi connectivity index (χ2v) is 2.59. The summed E-state index contributed by atoms with van der Waals surface area (Å²) in [5, 5.41) is 0. The molecule has 0 aromatic heterocycles. The molecule has 0 aliphatic carbocycles. The molecule has 3 heteroatoms. The molecule has 70 valence electrons. The lowest BCUT2D eigenvalue weighted by molar-refractivity contribution is -0.142. The molecule has 1 unspecified atom stereocenters. The summed E-state index contributed by atoms with van der Waals surface area (Å²) in [6, 6.07) is 0. The fourth-order valence-corrected chi connectivity index (χ4v) is 0.820. The second-order valence-electron chi connectivity index (χ2n) is 2.59. The van der Waals surface area contributed by atoms with Gasteiger partial charge in [0.05, 0.1) is 6.10 Å². The Morgan fingerprint density at radius 1 is 1.67 bits per heavy atom. The van der Waals surface area contributed by atoms with Crippen LogP contribution in [0.15, 0.2) is 12.7 Å². The molecule has 0 aliphatic heterocycles. The Bertz CT molecular complexity index is 143. The maximum Gasteiger partial charge on any atom is 0.330 e. The van der Waals surface area contributed by atoms with Gasteiger partial charge in [-0.1, -0.05) is 6.58 Å². The van der Waals surface area contributed by atoms with Gasteiger partial charge in [-0.3, -0.25) is 0 Å². The number of carbonyl (C=O) groups excluding carboxylic acids is 1. The lowest BCUT2D eigenvalue weighted by atomic mass is 10.2. The molecule has 0 saturated heterocycles. The van der Waals surface area contributed by atoms with E-state index in [0.29, 0.717) is 6.61 Å². The number of ether oxygens (including phenoxy) is 2. The Morgan fingerprint density at radius 3 is 2.83 bits per heavy atom. The third kappa shape index (κ3) is 5.92. The third-order valence-electron chi connectivity index (χ3n) is 1.44. The molecule has 0 N–H and O–H groups in total. The largest absolute Gasteiger partial charge is 0.460 e. The Kier molecular flexibility index (Phi) is 6.38. The molecule has 0 aliphatic rings. The summed E-state index contributed by atoms with van der Waals surface area (Å²) in [6.45, 7) is 5.87. The van der Waals surface area contributed by atoms with Crippen molar-refractivity contribution in [3.8, 4) is 0 Å². The lowest BCUT2D eigenvalue weighted by Gasteiger charge is -2.10. The first-order valence-corrected chi connectivity index (χ1v) is 4.02. The molecule has 0 saturated carbocycles. The van der Waals surface area contributed by atoms with Crippen LogP contribution in [0.1, 0.15) is 19.8 Å². The van der Waals surface area contributed by atoms with E-state index < -0.39 is 0 Å².